The van der Waals surface area contributed by atoms with Crippen molar-refractivity contribution in [1.29, 1.82) is 0 Å². The van der Waals surface area contributed by atoms with Crippen LogP contribution in [-0.4, -0.2) is 35.3 Å². The predicted molar refractivity (Wildman–Crippen MR) is 67.8 cm³/mol. The number of aromatic nitrogens is 1. The lowest BCUT2D eigenvalue weighted by Gasteiger charge is -2.30. The van der Waals surface area contributed by atoms with Crippen LogP contribution in [0.4, 0.5) is 17.6 Å². The third kappa shape index (κ3) is 5.47. The molecular weight excluding hydrogens is 316 g/mol. The van der Waals surface area contributed by atoms with E-state index >= 15 is 0 Å². The zero-order chi connectivity index (χ0) is 16.1. The molecule has 0 spiro atoms. The van der Waals surface area contributed by atoms with Gasteiger partial charge in [0, 0.05) is 6.20 Å². The number of alkyl halides is 4. The second-order valence-electron chi connectivity index (χ2n) is 4.39. The Morgan fingerprint density at radius 3 is 2.33 bits per heavy atom. The molecule has 0 aliphatic carbocycles. The van der Waals surface area contributed by atoms with E-state index in [0.29, 0.717) is 23.6 Å². The molecule has 1 aliphatic heterocycles. The average Bonchev–Trinajstić information content (AvgIpc) is 2.39. The number of carbonyl (C=O) groups is 1. The molecule has 1 aromatic rings. The molecule has 9 heteroatoms. The summed E-state index contributed by atoms with van der Waals surface area (Å²) < 4.78 is 46.1. The molecule has 0 unspecified atom stereocenters. The molecule has 0 atom stereocenters. The summed E-state index contributed by atoms with van der Waals surface area (Å²) in [5.74, 6) is -2.76. The zero-order valence-corrected chi connectivity index (χ0v) is 11.5. The highest BCUT2D eigenvalue weighted by molar-refractivity contribution is 6.29. The second-order valence-corrected chi connectivity index (χ2v) is 4.77. The summed E-state index contributed by atoms with van der Waals surface area (Å²) in [5.41, 5.74) is -0.573. The van der Waals surface area contributed by atoms with E-state index in [1.165, 1.54) is 0 Å². The van der Waals surface area contributed by atoms with Crippen LogP contribution in [0.1, 0.15) is 18.4 Å². The van der Waals surface area contributed by atoms with Gasteiger partial charge in [0.2, 0.25) is 0 Å². The van der Waals surface area contributed by atoms with Gasteiger partial charge in [0.05, 0.1) is 0 Å². The number of nitrogens with zero attached hydrogens (tertiary/aromatic N) is 1. The minimum Gasteiger partial charge on any atom is -0.475 e. The first-order chi connectivity index (χ1) is 9.65. The second kappa shape index (κ2) is 7.04. The van der Waals surface area contributed by atoms with Crippen molar-refractivity contribution in [1.82, 2.24) is 10.3 Å². The van der Waals surface area contributed by atoms with Gasteiger partial charge in [0.15, 0.2) is 0 Å². The molecule has 21 heavy (non-hydrogen) atoms. The van der Waals surface area contributed by atoms with Crippen LogP contribution in [-0.2, 0) is 10.5 Å². The molecule has 118 valence electrons. The molecule has 0 bridgehead atoms. The third-order valence-electron chi connectivity index (χ3n) is 2.88. The van der Waals surface area contributed by atoms with Gasteiger partial charge in [-0.15, -0.1) is 0 Å². The first kappa shape index (κ1) is 17.6. The van der Waals surface area contributed by atoms with Crippen molar-refractivity contribution in [3.05, 3.63) is 29.0 Å². The van der Waals surface area contributed by atoms with Crippen molar-refractivity contribution in [2.24, 2.45) is 0 Å². The van der Waals surface area contributed by atoms with Crippen LogP contribution >= 0.6 is 11.6 Å². The van der Waals surface area contributed by atoms with Crippen molar-refractivity contribution in [3.8, 4) is 0 Å². The van der Waals surface area contributed by atoms with Gasteiger partial charge in [-0.1, -0.05) is 11.6 Å². The number of nitrogens with one attached hydrogen (secondary N) is 1. The fourth-order valence-corrected chi connectivity index (χ4v) is 1.97. The van der Waals surface area contributed by atoms with Gasteiger partial charge in [-0.2, -0.15) is 13.2 Å². The van der Waals surface area contributed by atoms with Crippen molar-refractivity contribution in [3.63, 3.8) is 0 Å². The Labute approximate surface area is 123 Å². The minimum absolute atomic E-state index is 0.359. The number of hydrogen-bond donors (Lipinski definition) is 2. The number of halogens is 5. The number of carboxylic acids is 1. The lowest BCUT2D eigenvalue weighted by Crippen LogP contribution is -2.36. The molecule has 2 N–H and O–H groups in total. The van der Waals surface area contributed by atoms with Crippen LogP contribution in [0.25, 0.3) is 0 Å². The van der Waals surface area contributed by atoms with Crippen LogP contribution in [0.2, 0.25) is 5.15 Å². The van der Waals surface area contributed by atoms with Gasteiger partial charge in [-0.25, -0.2) is 14.2 Å². The third-order valence-corrected chi connectivity index (χ3v) is 3.09. The maximum Gasteiger partial charge on any atom is 0.490 e. The van der Waals surface area contributed by atoms with Crippen LogP contribution in [0.3, 0.4) is 0 Å². The zero-order valence-electron chi connectivity index (χ0n) is 10.8. The summed E-state index contributed by atoms with van der Waals surface area (Å²) in [7, 11) is 0. The lowest BCUT2D eigenvalue weighted by atomic mass is 9.87. The molecule has 1 aliphatic rings. The van der Waals surface area contributed by atoms with E-state index in [2.05, 4.69) is 10.3 Å². The normalized spacial score (nSPS) is 17.6. The number of carboxylic acid groups (broad SMARTS) is 1. The molecule has 1 aromatic heterocycles. The van der Waals surface area contributed by atoms with Crippen molar-refractivity contribution in [2.75, 3.05) is 13.1 Å². The van der Waals surface area contributed by atoms with Crippen LogP contribution in [0, 0.1) is 0 Å². The van der Waals surface area contributed by atoms with E-state index in [0.717, 1.165) is 13.1 Å². The van der Waals surface area contributed by atoms with Crippen LogP contribution < -0.4 is 5.32 Å². The first-order valence-electron chi connectivity index (χ1n) is 5.97. The summed E-state index contributed by atoms with van der Waals surface area (Å²) in [6.45, 7) is 1.44. The number of piperidine rings is 1. The summed E-state index contributed by atoms with van der Waals surface area (Å²) in [5, 5.41) is 10.6. The first-order valence-corrected chi connectivity index (χ1v) is 6.35. The average molecular weight is 329 g/mol. The van der Waals surface area contributed by atoms with Gasteiger partial charge in [-0.3, -0.25) is 0 Å². The van der Waals surface area contributed by atoms with E-state index in [9.17, 15) is 17.6 Å². The minimum atomic E-state index is -5.08. The molecule has 0 saturated carbocycles. The maximum atomic E-state index is 14.4. The van der Waals surface area contributed by atoms with Crippen LogP contribution in [0.5, 0.6) is 0 Å². The molecular formula is C12H13ClF4N2O2. The van der Waals surface area contributed by atoms with Crippen molar-refractivity contribution < 1.29 is 27.5 Å². The fourth-order valence-electron chi connectivity index (χ4n) is 1.79. The molecule has 1 fully saturated rings. The quantitative estimate of drug-likeness (QED) is 0.614. The van der Waals surface area contributed by atoms with E-state index < -0.39 is 17.8 Å². The van der Waals surface area contributed by atoms with Gasteiger partial charge in [0.1, 0.15) is 10.8 Å². The standard InChI is InChI=1S/C10H12ClFN2.C2HF3O2/c11-9-7-8(1-4-14-9)10(12)2-5-13-6-3-10;3-2(4,5)1(6)7/h1,4,7,13H,2-3,5-6H2;(H,6,7). The highest BCUT2D eigenvalue weighted by atomic mass is 35.5. The van der Waals surface area contributed by atoms with Gasteiger partial charge in [-0.05, 0) is 43.6 Å². The summed E-state index contributed by atoms with van der Waals surface area (Å²) in [4.78, 5) is 12.7. The van der Waals surface area contributed by atoms with E-state index in [1.54, 1.807) is 18.3 Å². The predicted octanol–water partition coefficient (Wildman–Crippen LogP) is 2.92. The molecule has 0 amide bonds. The Hall–Kier alpha value is -1.41. The number of hydrogen-bond acceptors (Lipinski definition) is 3. The summed E-state index contributed by atoms with van der Waals surface area (Å²) in [6, 6.07) is 3.32. The van der Waals surface area contributed by atoms with Gasteiger partial charge in [0.25, 0.3) is 0 Å². The smallest absolute Gasteiger partial charge is 0.475 e. The number of rotatable bonds is 1. The highest BCUT2D eigenvalue weighted by Gasteiger charge is 2.38. The Balaban J connectivity index is 0.000000270. The van der Waals surface area contributed by atoms with E-state index in [4.69, 9.17) is 21.5 Å². The molecule has 2 rings (SSSR count). The Morgan fingerprint density at radius 2 is 1.90 bits per heavy atom. The summed E-state index contributed by atoms with van der Waals surface area (Å²) >= 11 is 5.73. The van der Waals surface area contributed by atoms with Gasteiger partial charge < -0.3 is 10.4 Å². The molecule has 1 saturated heterocycles. The topological polar surface area (TPSA) is 62.2 Å². The SMILES string of the molecule is FC1(c2ccnc(Cl)c2)CCNCC1.O=C(O)C(F)(F)F. The molecule has 4 nitrogen and oxygen atoms in total. The van der Waals surface area contributed by atoms with E-state index in [1.807, 2.05) is 0 Å². The maximum absolute atomic E-state index is 14.4. The lowest BCUT2D eigenvalue weighted by molar-refractivity contribution is -0.192. The monoisotopic (exact) mass is 328 g/mol. The van der Waals surface area contributed by atoms with Crippen molar-refractivity contribution in [2.45, 2.75) is 24.7 Å². The fraction of sp³-hybridized carbons (Fsp3) is 0.500. The van der Waals surface area contributed by atoms with Crippen molar-refractivity contribution >= 4 is 17.6 Å². The van der Waals surface area contributed by atoms with Crippen LogP contribution in [0.15, 0.2) is 18.3 Å². The molecule has 2 heterocycles. The number of aliphatic carboxylic acids is 1. The number of pyridine rings is 1. The molecule has 0 radical (unpaired) electrons. The Morgan fingerprint density at radius 1 is 1.38 bits per heavy atom. The van der Waals surface area contributed by atoms with E-state index in [-0.39, 0.29) is 0 Å². The summed E-state index contributed by atoms with van der Waals surface area (Å²) in [6.07, 6.45) is -2.51. The largest absolute Gasteiger partial charge is 0.490 e. The Kier molecular flexibility index (Phi) is 5.91. The Bertz CT molecular complexity index is 490. The van der Waals surface area contributed by atoms with Gasteiger partial charge >= 0.3 is 12.1 Å². The highest BCUT2D eigenvalue weighted by Crippen LogP contribution is 2.35. The molecule has 0 aromatic carbocycles.